The fraction of sp³-hybridized carbons (Fsp3) is 0.600. The first kappa shape index (κ1) is 17.8. The van der Waals surface area contributed by atoms with Crippen LogP contribution in [0.25, 0.3) is 0 Å². The molecule has 2 N–H and O–H groups in total. The maximum Gasteiger partial charge on any atom is 0.234 e. The number of benzene rings is 1. The second-order valence-electron chi connectivity index (χ2n) is 8.27. The molecule has 4 aliphatic carbocycles. The highest BCUT2D eigenvalue weighted by Gasteiger charge is 2.51. The summed E-state index contributed by atoms with van der Waals surface area (Å²) in [7, 11) is 0. The molecule has 0 atom stereocenters. The lowest BCUT2D eigenvalue weighted by atomic mass is 9.53. The van der Waals surface area contributed by atoms with Crippen molar-refractivity contribution in [3.8, 4) is 0 Å². The predicted molar refractivity (Wildman–Crippen MR) is 101 cm³/mol. The van der Waals surface area contributed by atoms with Crippen LogP contribution in [0.2, 0.25) is 0 Å². The summed E-state index contributed by atoms with van der Waals surface area (Å²) in [6.45, 7) is 0. The van der Waals surface area contributed by atoms with Crippen LogP contribution in [0.3, 0.4) is 0 Å². The van der Waals surface area contributed by atoms with E-state index in [0.29, 0.717) is 0 Å². The Morgan fingerprint density at radius 3 is 2.19 bits per heavy atom. The molecule has 26 heavy (non-hydrogen) atoms. The molecule has 4 aliphatic rings. The van der Waals surface area contributed by atoms with Crippen molar-refractivity contribution in [3.63, 3.8) is 0 Å². The summed E-state index contributed by atoms with van der Waals surface area (Å²) < 4.78 is 13.5. The predicted octanol–water partition coefficient (Wildman–Crippen LogP) is 3.58. The van der Waals surface area contributed by atoms with Crippen LogP contribution in [0.15, 0.2) is 24.3 Å². The Hall–Kier alpha value is -1.56. The van der Waals surface area contributed by atoms with E-state index in [1.54, 1.807) is 12.1 Å². The van der Waals surface area contributed by atoms with Gasteiger partial charge in [0.2, 0.25) is 11.8 Å². The molecule has 4 bridgehead atoms. The van der Waals surface area contributed by atoms with Gasteiger partial charge in [-0.1, -0.05) is 12.1 Å². The SMILES string of the molecule is O=C(CSCC(=O)NC12CC3CC(CC(C3)C1)C2)Nc1ccccc1F. The molecule has 0 spiro atoms. The molecular weight excluding hydrogens is 351 g/mol. The number of amides is 2. The smallest absolute Gasteiger partial charge is 0.234 e. The van der Waals surface area contributed by atoms with Gasteiger partial charge >= 0.3 is 0 Å². The molecule has 5 rings (SSSR count). The Kier molecular flexibility index (Phi) is 4.95. The Morgan fingerprint density at radius 2 is 1.58 bits per heavy atom. The molecule has 0 heterocycles. The summed E-state index contributed by atoms with van der Waals surface area (Å²) in [4.78, 5) is 24.3. The van der Waals surface area contributed by atoms with Crippen LogP contribution in [-0.4, -0.2) is 28.9 Å². The molecule has 0 unspecified atom stereocenters. The maximum absolute atomic E-state index is 13.5. The minimum atomic E-state index is -0.453. The number of carbonyl (C=O) groups is 2. The lowest BCUT2D eigenvalue weighted by Gasteiger charge is -2.56. The van der Waals surface area contributed by atoms with Gasteiger partial charge in [0.05, 0.1) is 17.2 Å². The second kappa shape index (κ2) is 7.22. The van der Waals surface area contributed by atoms with E-state index >= 15 is 0 Å². The van der Waals surface area contributed by atoms with Crippen LogP contribution in [-0.2, 0) is 9.59 Å². The number of para-hydroxylation sites is 1. The zero-order valence-corrected chi connectivity index (χ0v) is 15.6. The number of halogens is 1. The van der Waals surface area contributed by atoms with Crippen LogP contribution in [0, 0.1) is 23.6 Å². The van der Waals surface area contributed by atoms with Crippen molar-refractivity contribution in [2.75, 3.05) is 16.8 Å². The van der Waals surface area contributed by atoms with Crippen LogP contribution < -0.4 is 10.6 Å². The number of hydrogen-bond donors (Lipinski definition) is 2. The summed E-state index contributed by atoms with van der Waals surface area (Å²) in [5, 5.41) is 5.85. The first-order valence-corrected chi connectivity index (χ1v) is 10.6. The van der Waals surface area contributed by atoms with Crippen molar-refractivity contribution >= 4 is 29.3 Å². The number of rotatable bonds is 6. The van der Waals surface area contributed by atoms with Crippen LogP contribution in [0.1, 0.15) is 38.5 Å². The fourth-order valence-corrected chi connectivity index (χ4v) is 6.20. The minimum absolute atomic E-state index is 0.0157. The number of carbonyl (C=O) groups excluding carboxylic acids is 2. The average molecular weight is 376 g/mol. The lowest BCUT2D eigenvalue weighted by Crippen LogP contribution is -2.60. The van der Waals surface area contributed by atoms with E-state index in [-0.39, 0.29) is 34.5 Å². The van der Waals surface area contributed by atoms with Gasteiger partial charge in [-0.3, -0.25) is 9.59 Å². The van der Waals surface area contributed by atoms with E-state index in [9.17, 15) is 14.0 Å². The van der Waals surface area contributed by atoms with Gasteiger partial charge < -0.3 is 10.6 Å². The Morgan fingerprint density at radius 1 is 1.00 bits per heavy atom. The Bertz CT molecular complexity index is 674. The number of hydrogen-bond acceptors (Lipinski definition) is 3. The molecule has 0 aliphatic heterocycles. The summed E-state index contributed by atoms with van der Waals surface area (Å²) >= 11 is 1.28. The monoisotopic (exact) mass is 376 g/mol. The minimum Gasteiger partial charge on any atom is -0.350 e. The summed E-state index contributed by atoms with van der Waals surface area (Å²) in [5.41, 5.74) is 0.193. The molecule has 4 saturated carbocycles. The van der Waals surface area contributed by atoms with Crippen molar-refractivity contribution in [1.29, 1.82) is 0 Å². The standard InChI is InChI=1S/C20H25FN2O2S/c21-16-3-1-2-4-17(16)22-18(24)11-26-12-19(25)23-20-8-13-5-14(9-20)7-15(6-13)10-20/h1-4,13-15H,5-12H2,(H,22,24)(H,23,25). The third-order valence-corrected chi connectivity index (χ3v) is 6.99. The van der Waals surface area contributed by atoms with E-state index < -0.39 is 5.82 Å². The molecular formula is C20H25FN2O2S. The van der Waals surface area contributed by atoms with E-state index in [1.165, 1.54) is 43.2 Å². The first-order chi connectivity index (χ1) is 12.5. The molecule has 0 saturated heterocycles. The molecule has 6 heteroatoms. The highest BCUT2D eigenvalue weighted by molar-refractivity contribution is 8.00. The van der Waals surface area contributed by atoms with E-state index in [1.807, 2.05) is 0 Å². The number of nitrogens with one attached hydrogen (secondary N) is 2. The Balaban J connectivity index is 1.22. The molecule has 1 aromatic carbocycles. The number of anilines is 1. The molecule has 0 radical (unpaired) electrons. The average Bonchev–Trinajstić information content (AvgIpc) is 2.55. The van der Waals surface area contributed by atoms with Crippen LogP contribution in [0.5, 0.6) is 0 Å². The third-order valence-electron chi connectivity index (χ3n) is 6.06. The molecule has 4 fully saturated rings. The number of thioether (sulfide) groups is 1. The molecule has 1 aromatic rings. The second-order valence-corrected chi connectivity index (χ2v) is 9.25. The molecule has 2 amide bonds. The quantitative estimate of drug-likeness (QED) is 0.798. The van der Waals surface area contributed by atoms with Gasteiger partial charge in [0, 0.05) is 5.54 Å². The van der Waals surface area contributed by atoms with Crippen molar-refractivity contribution in [2.45, 2.75) is 44.1 Å². The van der Waals surface area contributed by atoms with Gasteiger partial charge in [-0.15, -0.1) is 11.8 Å². The fourth-order valence-electron chi connectivity index (χ4n) is 5.58. The van der Waals surface area contributed by atoms with Crippen molar-refractivity contribution in [1.82, 2.24) is 5.32 Å². The molecule has 4 nitrogen and oxygen atoms in total. The van der Waals surface area contributed by atoms with Crippen LogP contribution >= 0.6 is 11.8 Å². The summed E-state index contributed by atoms with van der Waals surface area (Å²) in [6.07, 6.45) is 7.43. The highest BCUT2D eigenvalue weighted by Crippen LogP contribution is 2.55. The van der Waals surface area contributed by atoms with Gasteiger partial charge in [-0.2, -0.15) is 0 Å². The zero-order valence-electron chi connectivity index (χ0n) is 14.8. The van der Waals surface area contributed by atoms with Crippen LogP contribution in [0.4, 0.5) is 10.1 Å². The highest BCUT2D eigenvalue weighted by atomic mass is 32.2. The molecule has 140 valence electrons. The zero-order chi connectivity index (χ0) is 18.1. The first-order valence-electron chi connectivity index (χ1n) is 9.44. The van der Waals surface area contributed by atoms with E-state index in [2.05, 4.69) is 10.6 Å². The Labute approximate surface area is 157 Å². The normalized spacial score (nSPS) is 31.7. The third kappa shape index (κ3) is 3.90. The van der Waals surface area contributed by atoms with Gasteiger partial charge in [-0.05, 0) is 68.4 Å². The van der Waals surface area contributed by atoms with Crippen molar-refractivity contribution in [3.05, 3.63) is 30.1 Å². The van der Waals surface area contributed by atoms with Crippen molar-refractivity contribution in [2.24, 2.45) is 17.8 Å². The maximum atomic E-state index is 13.5. The van der Waals surface area contributed by atoms with Gasteiger partial charge in [0.1, 0.15) is 5.82 Å². The van der Waals surface area contributed by atoms with Gasteiger partial charge in [0.15, 0.2) is 0 Å². The van der Waals surface area contributed by atoms with E-state index in [0.717, 1.165) is 37.0 Å². The van der Waals surface area contributed by atoms with Gasteiger partial charge in [0.25, 0.3) is 0 Å². The lowest BCUT2D eigenvalue weighted by molar-refractivity contribution is -0.124. The molecule has 0 aromatic heterocycles. The van der Waals surface area contributed by atoms with Crippen molar-refractivity contribution < 1.29 is 14.0 Å². The summed E-state index contributed by atoms with van der Waals surface area (Å²) in [5.74, 6) is 2.07. The largest absolute Gasteiger partial charge is 0.350 e. The van der Waals surface area contributed by atoms with E-state index in [4.69, 9.17) is 0 Å². The topological polar surface area (TPSA) is 58.2 Å². The van der Waals surface area contributed by atoms with Gasteiger partial charge in [-0.25, -0.2) is 4.39 Å². The summed E-state index contributed by atoms with van der Waals surface area (Å²) in [6, 6.07) is 6.08.